The second-order valence-electron chi connectivity index (χ2n) is 8.47. The van der Waals surface area contributed by atoms with Gasteiger partial charge in [0.05, 0.1) is 0 Å². The van der Waals surface area contributed by atoms with E-state index in [1.54, 1.807) is 0 Å². The van der Waals surface area contributed by atoms with Crippen molar-refractivity contribution >= 4 is 11.8 Å². The van der Waals surface area contributed by atoms with Gasteiger partial charge in [-0.05, 0) is 72.3 Å². The van der Waals surface area contributed by atoms with Crippen molar-refractivity contribution in [3.05, 3.63) is 94.4 Å². The highest BCUT2D eigenvalue weighted by molar-refractivity contribution is 5.75. The van der Waals surface area contributed by atoms with Crippen LogP contribution in [0, 0.1) is 12.3 Å². The van der Waals surface area contributed by atoms with Crippen molar-refractivity contribution in [2.75, 3.05) is 12.3 Å². The molecule has 0 unspecified atom stereocenters. The van der Waals surface area contributed by atoms with Gasteiger partial charge < -0.3 is 10.6 Å². The van der Waals surface area contributed by atoms with E-state index in [1.807, 2.05) is 12.1 Å². The minimum Gasteiger partial charge on any atom is -0.398 e. The maximum absolute atomic E-state index is 6.25. The Hall–Kier alpha value is -2.74. The highest BCUT2D eigenvalue weighted by atomic mass is 15.2. The second-order valence-corrected chi connectivity index (χ2v) is 8.47. The average Bonchev–Trinajstić information content (AvgIpc) is 2.98. The van der Waals surface area contributed by atoms with Crippen LogP contribution < -0.4 is 5.73 Å². The topological polar surface area (TPSA) is 29.3 Å². The summed E-state index contributed by atoms with van der Waals surface area (Å²) in [6, 6.07) is 6.06. The zero-order valence-electron chi connectivity index (χ0n) is 17.4. The van der Waals surface area contributed by atoms with Crippen LogP contribution in [0.3, 0.4) is 0 Å². The molecule has 28 heavy (non-hydrogen) atoms. The molecule has 0 spiro atoms. The molecule has 1 atom stereocenters. The summed E-state index contributed by atoms with van der Waals surface area (Å²) in [4.78, 5) is 2.33. The number of nitrogens with zero attached hydrogens (tertiary/aromatic N) is 1. The van der Waals surface area contributed by atoms with Crippen molar-refractivity contribution in [3.8, 4) is 0 Å². The normalized spacial score (nSPS) is 26.0. The molecule has 144 valence electrons. The number of benzene rings is 1. The van der Waals surface area contributed by atoms with E-state index < -0.39 is 0 Å². The molecule has 2 heterocycles. The fraction of sp³-hybridized carbons (Fsp3) is 0.308. The van der Waals surface area contributed by atoms with Gasteiger partial charge in [0.15, 0.2) is 0 Å². The van der Waals surface area contributed by atoms with E-state index >= 15 is 0 Å². The lowest BCUT2D eigenvalue weighted by molar-refractivity contribution is 0.409. The monoisotopic (exact) mass is 370 g/mol. The third-order valence-electron chi connectivity index (χ3n) is 7.03. The maximum Gasteiger partial charge on any atom is 0.0488 e. The van der Waals surface area contributed by atoms with E-state index in [-0.39, 0.29) is 5.41 Å². The van der Waals surface area contributed by atoms with Crippen molar-refractivity contribution < 1.29 is 0 Å². The fourth-order valence-corrected chi connectivity index (χ4v) is 4.79. The smallest absolute Gasteiger partial charge is 0.0488 e. The Morgan fingerprint density at radius 1 is 1.21 bits per heavy atom. The largest absolute Gasteiger partial charge is 0.398 e. The Labute approximate surface area is 169 Å². The quantitative estimate of drug-likeness (QED) is 0.488. The van der Waals surface area contributed by atoms with Gasteiger partial charge in [0.1, 0.15) is 0 Å². The van der Waals surface area contributed by atoms with Crippen molar-refractivity contribution in [3.63, 3.8) is 0 Å². The summed E-state index contributed by atoms with van der Waals surface area (Å²) in [5.41, 5.74) is 18.1. The number of anilines is 1. The summed E-state index contributed by atoms with van der Waals surface area (Å²) in [6.45, 7) is 20.8. The van der Waals surface area contributed by atoms with Crippen LogP contribution in [0.5, 0.6) is 0 Å². The Morgan fingerprint density at radius 3 is 2.64 bits per heavy atom. The summed E-state index contributed by atoms with van der Waals surface area (Å²) in [5.74, 6) is 0. The summed E-state index contributed by atoms with van der Waals surface area (Å²) < 4.78 is 0. The summed E-state index contributed by atoms with van der Waals surface area (Å²) >= 11 is 0. The minimum absolute atomic E-state index is 0.0167. The molecule has 4 rings (SSSR count). The Balaban J connectivity index is 1.79. The van der Waals surface area contributed by atoms with Gasteiger partial charge >= 0.3 is 0 Å². The van der Waals surface area contributed by atoms with Crippen molar-refractivity contribution in [1.82, 2.24) is 4.90 Å². The van der Waals surface area contributed by atoms with Crippen molar-refractivity contribution in [2.45, 2.75) is 40.0 Å². The maximum atomic E-state index is 6.25. The van der Waals surface area contributed by atoms with Crippen LogP contribution in [-0.2, 0) is 0 Å². The van der Waals surface area contributed by atoms with E-state index in [2.05, 4.69) is 63.6 Å². The molecule has 2 aliphatic heterocycles. The Bertz CT molecular complexity index is 995. The number of nitrogens with two attached hydrogens (primary N) is 1. The molecule has 1 aliphatic carbocycles. The predicted molar refractivity (Wildman–Crippen MR) is 120 cm³/mol. The van der Waals surface area contributed by atoms with Gasteiger partial charge in [0, 0.05) is 34.6 Å². The van der Waals surface area contributed by atoms with Crippen LogP contribution in [-0.4, -0.2) is 11.4 Å². The number of fused-ring (bicyclic) bond motifs is 1. The third-order valence-corrected chi connectivity index (χ3v) is 7.03. The number of hydrogen-bond donors (Lipinski definition) is 1. The lowest BCUT2D eigenvalue weighted by Crippen LogP contribution is -2.32. The number of aryl methyl sites for hydroxylation is 1. The lowest BCUT2D eigenvalue weighted by Gasteiger charge is -2.43. The molecule has 0 radical (unpaired) electrons. The van der Waals surface area contributed by atoms with Gasteiger partial charge in [-0.25, -0.2) is 0 Å². The molecular weight excluding hydrogens is 340 g/mol. The zero-order valence-corrected chi connectivity index (χ0v) is 17.4. The number of rotatable bonds is 2. The number of allylic oxidation sites excluding steroid dienone is 5. The third kappa shape index (κ3) is 2.55. The first-order valence-corrected chi connectivity index (χ1v) is 10.1. The van der Waals surface area contributed by atoms with Crippen molar-refractivity contribution in [2.24, 2.45) is 5.41 Å². The molecule has 2 heteroatoms. The molecule has 0 aromatic heterocycles. The summed E-state index contributed by atoms with van der Waals surface area (Å²) in [6.07, 6.45) is 7.68. The van der Waals surface area contributed by atoms with Crippen LogP contribution in [0.1, 0.15) is 44.2 Å². The van der Waals surface area contributed by atoms with E-state index in [4.69, 9.17) is 5.73 Å². The van der Waals surface area contributed by atoms with Gasteiger partial charge in [-0.3, -0.25) is 0 Å². The first-order chi connectivity index (χ1) is 13.3. The molecule has 1 aromatic carbocycles. The molecule has 2 N–H and O–H groups in total. The lowest BCUT2D eigenvalue weighted by atomic mass is 9.65. The molecule has 0 saturated carbocycles. The number of nitrogen functional groups attached to an aromatic ring is 1. The second kappa shape index (κ2) is 6.41. The molecule has 3 aliphatic rings. The van der Waals surface area contributed by atoms with E-state index in [1.165, 1.54) is 33.6 Å². The summed E-state index contributed by atoms with van der Waals surface area (Å²) in [5, 5.41) is 0. The van der Waals surface area contributed by atoms with Crippen LogP contribution >= 0.6 is 0 Å². The van der Waals surface area contributed by atoms with Crippen LogP contribution in [0.2, 0.25) is 0 Å². The standard InChI is InChI=1S/C26H30N2/c1-7-26(6)17(3)11-12-21-19(5)28-15-20(18(4)25(28)14-23(21)26)13-22-16(2)9-8-10-24(22)27/h8-10,13-14H,3-5,7,11-12,15,27H2,1-2,6H3/b20-13-/t26-/m0/s1. The molecule has 2 nitrogen and oxygen atoms in total. The highest BCUT2D eigenvalue weighted by Gasteiger charge is 2.41. The van der Waals surface area contributed by atoms with Crippen LogP contribution in [0.4, 0.5) is 5.69 Å². The SMILES string of the molecule is C=C1C2=CC3=C(CCC(=C)[C@]3(C)CC)C(=C)N2C/C1=C/c1c(C)cccc1N. The van der Waals surface area contributed by atoms with Gasteiger partial charge in [-0.2, -0.15) is 0 Å². The Morgan fingerprint density at radius 2 is 1.96 bits per heavy atom. The van der Waals surface area contributed by atoms with Crippen molar-refractivity contribution in [1.29, 1.82) is 0 Å². The molecule has 0 bridgehead atoms. The predicted octanol–water partition coefficient (Wildman–Crippen LogP) is 6.31. The fourth-order valence-electron chi connectivity index (χ4n) is 4.79. The highest BCUT2D eigenvalue weighted by Crippen LogP contribution is 2.53. The molecule has 1 aromatic rings. The first kappa shape index (κ1) is 18.6. The van der Waals surface area contributed by atoms with Crippen LogP contribution in [0.25, 0.3) is 6.08 Å². The first-order valence-electron chi connectivity index (χ1n) is 10.1. The molecular formula is C26H30N2. The van der Waals surface area contributed by atoms with Gasteiger partial charge in [0.25, 0.3) is 0 Å². The van der Waals surface area contributed by atoms with Gasteiger partial charge in [0.2, 0.25) is 0 Å². The molecule has 1 saturated heterocycles. The zero-order chi connectivity index (χ0) is 20.2. The minimum atomic E-state index is 0.0167. The molecule has 1 fully saturated rings. The van der Waals surface area contributed by atoms with Crippen LogP contribution in [0.15, 0.2) is 83.3 Å². The number of hydrogen-bond acceptors (Lipinski definition) is 2. The Kier molecular flexibility index (Phi) is 4.26. The molecule has 0 amide bonds. The van der Waals surface area contributed by atoms with Gasteiger partial charge in [-0.15, -0.1) is 0 Å². The van der Waals surface area contributed by atoms with E-state index in [9.17, 15) is 0 Å². The van der Waals surface area contributed by atoms with E-state index in [0.29, 0.717) is 0 Å². The van der Waals surface area contributed by atoms with Gasteiger partial charge in [-0.1, -0.05) is 51.3 Å². The van der Waals surface area contributed by atoms with E-state index in [0.717, 1.165) is 48.3 Å². The average molecular weight is 371 g/mol. The summed E-state index contributed by atoms with van der Waals surface area (Å²) in [7, 11) is 0.